The van der Waals surface area contributed by atoms with Crippen molar-refractivity contribution in [2.45, 2.75) is 45.1 Å². The first kappa shape index (κ1) is 8.79. The van der Waals surface area contributed by atoms with Crippen molar-refractivity contribution in [2.75, 3.05) is 0 Å². The molecule has 0 bridgehead atoms. The lowest BCUT2D eigenvalue weighted by atomic mass is 9.97. The molecule has 11 heavy (non-hydrogen) atoms. The van der Waals surface area contributed by atoms with E-state index in [2.05, 4.69) is 19.1 Å². The molecule has 1 nitrogen and oxygen atoms in total. The van der Waals surface area contributed by atoms with Gasteiger partial charge in [-0.3, -0.25) is 0 Å². The molecule has 0 fully saturated rings. The quantitative estimate of drug-likeness (QED) is 0.531. The maximum Gasteiger partial charge on any atom is 0.0249 e. The Kier molecular flexibility index (Phi) is 3.64. The maximum absolute atomic E-state index is 5.93. The van der Waals surface area contributed by atoms with E-state index in [1.165, 1.54) is 32.1 Å². The summed E-state index contributed by atoms with van der Waals surface area (Å²) in [5.74, 6) is 0.671. The first-order valence-electron chi connectivity index (χ1n) is 4.73. The van der Waals surface area contributed by atoms with Crippen LogP contribution in [0.1, 0.15) is 39.0 Å². The first-order valence-corrected chi connectivity index (χ1v) is 4.73. The van der Waals surface area contributed by atoms with Crippen LogP contribution in [0.15, 0.2) is 12.2 Å². The molecule has 0 radical (unpaired) electrons. The molecule has 2 unspecified atom stereocenters. The fourth-order valence-electron chi connectivity index (χ4n) is 1.54. The standard InChI is InChI=1S/C10H19N/c1-9-7-5-3-2-4-6-8-10(9)11/h6,8-10H,2-5,7,11H2,1H3. The molecule has 0 aliphatic heterocycles. The Morgan fingerprint density at radius 3 is 2.91 bits per heavy atom. The molecule has 1 aliphatic carbocycles. The molecule has 64 valence electrons. The second-order valence-corrected chi connectivity index (χ2v) is 3.62. The minimum Gasteiger partial charge on any atom is -0.324 e. The maximum atomic E-state index is 5.93. The van der Waals surface area contributed by atoms with E-state index in [1.807, 2.05) is 0 Å². The average Bonchev–Trinajstić information content (AvgIpc) is 2.07. The van der Waals surface area contributed by atoms with Gasteiger partial charge in [0, 0.05) is 6.04 Å². The Bertz CT molecular complexity index is 129. The predicted octanol–water partition coefficient (Wildman–Crippen LogP) is 2.47. The zero-order chi connectivity index (χ0) is 8.10. The van der Waals surface area contributed by atoms with Crippen molar-refractivity contribution >= 4 is 0 Å². The lowest BCUT2D eigenvalue weighted by molar-refractivity contribution is 0.457. The van der Waals surface area contributed by atoms with Crippen LogP contribution in [0.4, 0.5) is 0 Å². The molecule has 0 saturated heterocycles. The highest BCUT2D eigenvalue weighted by atomic mass is 14.6. The van der Waals surface area contributed by atoms with E-state index in [0.29, 0.717) is 12.0 Å². The summed E-state index contributed by atoms with van der Waals surface area (Å²) >= 11 is 0. The van der Waals surface area contributed by atoms with Crippen molar-refractivity contribution in [3.05, 3.63) is 12.2 Å². The van der Waals surface area contributed by atoms with Gasteiger partial charge in [0.05, 0.1) is 0 Å². The molecular formula is C10H19N. The van der Waals surface area contributed by atoms with Gasteiger partial charge >= 0.3 is 0 Å². The summed E-state index contributed by atoms with van der Waals surface area (Å²) in [7, 11) is 0. The highest BCUT2D eigenvalue weighted by molar-refractivity contribution is 4.94. The summed E-state index contributed by atoms with van der Waals surface area (Å²) in [5, 5.41) is 0. The normalized spacial score (nSPS) is 34.0. The molecular weight excluding hydrogens is 134 g/mol. The Hall–Kier alpha value is -0.300. The minimum absolute atomic E-state index is 0.299. The zero-order valence-electron chi connectivity index (χ0n) is 7.42. The second-order valence-electron chi connectivity index (χ2n) is 3.62. The molecule has 0 amide bonds. The number of rotatable bonds is 0. The molecule has 0 aromatic carbocycles. The van der Waals surface area contributed by atoms with E-state index < -0.39 is 0 Å². The summed E-state index contributed by atoms with van der Waals surface area (Å²) in [6.45, 7) is 2.25. The van der Waals surface area contributed by atoms with Crippen molar-refractivity contribution in [1.29, 1.82) is 0 Å². The Balaban J connectivity index is 2.42. The van der Waals surface area contributed by atoms with Gasteiger partial charge in [-0.05, 0) is 25.2 Å². The molecule has 0 heterocycles. The van der Waals surface area contributed by atoms with Gasteiger partial charge in [-0.25, -0.2) is 0 Å². The molecule has 0 saturated carbocycles. The Labute approximate surface area is 69.7 Å². The minimum atomic E-state index is 0.299. The Morgan fingerprint density at radius 2 is 2.09 bits per heavy atom. The summed E-state index contributed by atoms with van der Waals surface area (Å²) in [4.78, 5) is 0. The van der Waals surface area contributed by atoms with Gasteiger partial charge < -0.3 is 5.73 Å². The van der Waals surface area contributed by atoms with Gasteiger partial charge in [-0.1, -0.05) is 31.9 Å². The van der Waals surface area contributed by atoms with E-state index >= 15 is 0 Å². The van der Waals surface area contributed by atoms with Crippen LogP contribution < -0.4 is 5.73 Å². The smallest absolute Gasteiger partial charge is 0.0249 e. The van der Waals surface area contributed by atoms with Gasteiger partial charge in [0.2, 0.25) is 0 Å². The second kappa shape index (κ2) is 4.55. The molecule has 2 N–H and O–H groups in total. The van der Waals surface area contributed by atoms with Gasteiger partial charge in [0.1, 0.15) is 0 Å². The van der Waals surface area contributed by atoms with Crippen molar-refractivity contribution < 1.29 is 0 Å². The summed E-state index contributed by atoms with van der Waals surface area (Å²) in [6.07, 6.45) is 11.0. The van der Waals surface area contributed by atoms with Gasteiger partial charge in [-0.2, -0.15) is 0 Å². The molecule has 1 heteroatoms. The van der Waals surface area contributed by atoms with Crippen LogP contribution in [0.3, 0.4) is 0 Å². The third-order valence-electron chi connectivity index (χ3n) is 2.55. The third kappa shape index (κ3) is 3.06. The van der Waals surface area contributed by atoms with Crippen LogP contribution in [0.5, 0.6) is 0 Å². The lowest BCUT2D eigenvalue weighted by Gasteiger charge is -2.14. The van der Waals surface area contributed by atoms with Crippen molar-refractivity contribution in [3.8, 4) is 0 Å². The van der Waals surface area contributed by atoms with Crippen molar-refractivity contribution in [3.63, 3.8) is 0 Å². The molecule has 2 atom stereocenters. The molecule has 0 aromatic rings. The van der Waals surface area contributed by atoms with E-state index in [0.717, 1.165) is 0 Å². The van der Waals surface area contributed by atoms with Gasteiger partial charge in [-0.15, -0.1) is 0 Å². The molecule has 0 spiro atoms. The SMILES string of the molecule is CC1CCCCCC=CC1N. The lowest BCUT2D eigenvalue weighted by Crippen LogP contribution is -2.25. The zero-order valence-corrected chi connectivity index (χ0v) is 7.42. The highest BCUT2D eigenvalue weighted by Gasteiger charge is 2.09. The van der Waals surface area contributed by atoms with Crippen LogP contribution in [0.2, 0.25) is 0 Å². The average molecular weight is 153 g/mol. The molecule has 0 aromatic heterocycles. The van der Waals surface area contributed by atoms with E-state index in [4.69, 9.17) is 5.73 Å². The fraction of sp³-hybridized carbons (Fsp3) is 0.800. The summed E-state index contributed by atoms with van der Waals surface area (Å²) in [5.41, 5.74) is 5.93. The Morgan fingerprint density at radius 1 is 1.27 bits per heavy atom. The largest absolute Gasteiger partial charge is 0.324 e. The molecule has 1 rings (SSSR count). The van der Waals surface area contributed by atoms with Crippen LogP contribution in [0.25, 0.3) is 0 Å². The first-order chi connectivity index (χ1) is 5.30. The summed E-state index contributed by atoms with van der Waals surface area (Å²) < 4.78 is 0. The van der Waals surface area contributed by atoms with Crippen LogP contribution >= 0.6 is 0 Å². The van der Waals surface area contributed by atoms with Crippen molar-refractivity contribution in [2.24, 2.45) is 11.7 Å². The van der Waals surface area contributed by atoms with Crippen LogP contribution in [-0.2, 0) is 0 Å². The number of hydrogen-bond acceptors (Lipinski definition) is 1. The number of nitrogens with two attached hydrogens (primary N) is 1. The van der Waals surface area contributed by atoms with E-state index in [1.54, 1.807) is 0 Å². The third-order valence-corrected chi connectivity index (χ3v) is 2.55. The highest BCUT2D eigenvalue weighted by Crippen LogP contribution is 2.16. The van der Waals surface area contributed by atoms with E-state index in [-0.39, 0.29) is 0 Å². The van der Waals surface area contributed by atoms with Gasteiger partial charge in [0.15, 0.2) is 0 Å². The van der Waals surface area contributed by atoms with Crippen LogP contribution in [0, 0.1) is 5.92 Å². The van der Waals surface area contributed by atoms with Gasteiger partial charge in [0.25, 0.3) is 0 Å². The monoisotopic (exact) mass is 153 g/mol. The van der Waals surface area contributed by atoms with Crippen molar-refractivity contribution in [1.82, 2.24) is 0 Å². The predicted molar refractivity (Wildman–Crippen MR) is 49.4 cm³/mol. The molecule has 1 aliphatic rings. The van der Waals surface area contributed by atoms with E-state index in [9.17, 15) is 0 Å². The van der Waals surface area contributed by atoms with Crippen LogP contribution in [-0.4, -0.2) is 6.04 Å². The number of allylic oxidation sites excluding steroid dienone is 1. The topological polar surface area (TPSA) is 26.0 Å². The summed E-state index contributed by atoms with van der Waals surface area (Å²) in [6, 6.07) is 0.299. The number of hydrogen-bond donors (Lipinski definition) is 1. The fourth-order valence-corrected chi connectivity index (χ4v) is 1.54.